The molecule has 21 heavy (non-hydrogen) atoms. The third-order valence-electron chi connectivity index (χ3n) is 2.72. The number of carboxylic acids is 1. The number of aromatic nitrogens is 2. The Labute approximate surface area is 125 Å². The maximum atomic E-state index is 12.2. The fraction of sp³-hybridized carbons (Fsp3) is 0.214. The summed E-state index contributed by atoms with van der Waals surface area (Å²) in [6.45, 7) is 1.40. The van der Waals surface area contributed by atoms with Crippen LogP contribution in [0.5, 0.6) is 0 Å². The molecule has 0 aliphatic heterocycles. The number of aromatic amines is 1. The molecular weight excluding hydrogens is 290 g/mol. The summed E-state index contributed by atoms with van der Waals surface area (Å²) in [7, 11) is 0. The number of carbonyl (C=O) groups excluding carboxylic acids is 1. The van der Waals surface area contributed by atoms with E-state index in [-0.39, 0.29) is 12.2 Å². The van der Waals surface area contributed by atoms with E-state index in [0.29, 0.717) is 0 Å². The second-order valence-corrected chi connectivity index (χ2v) is 5.38. The summed E-state index contributed by atoms with van der Waals surface area (Å²) in [4.78, 5) is 31.3. The van der Waals surface area contributed by atoms with E-state index in [1.54, 1.807) is 12.3 Å². The van der Waals surface area contributed by atoms with Crippen molar-refractivity contribution in [1.29, 1.82) is 0 Å². The van der Waals surface area contributed by atoms with Crippen molar-refractivity contribution in [3.63, 3.8) is 0 Å². The number of nitrogens with zero attached hydrogens (tertiary/aromatic N) is 2. The van der Waals surface area contributed by atoms with Gasteiger partial charge in [0.1, 0.15) is 12.2 Å². The lowest BCUT2D eigenvalue weighted by atomic mass is 10.2. The standard InChI is InChI=1S/C14H13N3O3S/c1-3-4-17(7-13(18)19)14(20)11-5-10(6-15-11)12-8-21-9(2)16-12/h1,5-6,8,15H,4,7H2,2H3,(H,18,19). The first-order chi connectivity index (χ1) is 10.0. The Morgan fingerprint density at radius 3 is 2.90 bits per heavy atom. The van der Waals surface area contributed by atoms with E-state index >= 15 is 0 Å². The largest absolute Gasteiger partial charge is 0.480 e. The number of nitrogens with one attached hydrogen (secondary N) is 1. The van der Waals surface area contributed by atoms with Gasteiger partial charge in [0.15, 0.2) is 0 Å². The van der Waals surface area contributed by atoms with Crippen LogP contribution in [-0.4, -0.2) is 44.9 Å². The minimum absolute atomic E-state index is 0.0602. The van der Waals surface area contributed by atoms with Gasteiger partial charge < -0.3 is 15.0 Å². The van der Waals surface area contributed by atoms with Crippen LogP contribution >= 0.6 is 11.3 Å². The number of hydrogen-bond acceptors (Lipinski definition) is 4. The molecule has 0 unspecified atom stereocenters. The highest BCUT2D eigenvalue weighted by Gasteiger charge is 2.19. The topological polar surface area (TPSA) is 86.3 Å². The molecule has 2 N–H and O–H groups in total. The van der Waals surface area contributed by atoms with Gasteiger partial charge >= 0.3 is 5.97 Å². The summed E-state index contributed by atoms with van der Waals surface area (Å²) >= 11 is 1.52. The molecule has 0 saturated heterocycles. The van der Waals surface area contributed by atoms with Gasteiger partial charge in [0.05, 0.1) is 17.2 Å². The van der Waals surface area contributed by atoms with Crippen LogP contribution in [0.3, 0.4) is 0 Å². The number of terminal acetylenes is 1. The van der Waals surface area contributed by atoms with Gasteiger partial charge in [-0.25, -0.2) is 4.98 Å². The van der Waals surface area contributed by atoms with Crippen molar-refractivity contribution in [3.05, 3.63) is 28.3 Å². The minimum atomic E-state index is -1.11. The molecule has 1 amide bonds. The lowest BCUT2D eigenvalue weighted by Gasteiger charge is -2.16. The normalized spacial score (nSPS) is 10.1. The minimum Gasteiger partial charge on any atom is -0.480 e. The van der Waals surface area contributed by atoms with Crippen LogP contribution in [0.25, 0.3) is 11.3 Å². The first-order valence-corrected chi connectivity index (χ1v) is 6.94. The first-order valence-electron chi connectivity index (χ1n) is 6.06. The fourth-order valence-corrected chi connectivity index (χ4v) is 2.43. The van der Waals surface area contributed by atoms with Gasteiger partial charge in [-0.3, -0.25) is 9.59 Å². The molecule has 2 rings (SSSR count). The van der Waals surface area contributed by atoms with E-state index in [9.17, 15) is 9.59 Å². The van der Waals surface area contributed by atoms with Gasteiger partial charge in [-0.15, -0.1) is 17.8 Å². The summed E-state index contributed by atoms with van der Waals surface area (Å²) in [5, 5.41) is 11.6. The monoisotopic (exact) mass is 303 g/mol. The number of thiazole rings is 1. The molecule has 0 spiro atoms. The van der Waals surface area contributed by atoms with Crippen LogP contribution in [0.2, 0.25) is 0 Å². The van der Waals surface area contributed by atoms with Crippen LogP contribution in [0.15, 0.2) is 17.6 Å². The molecule has 0 aliphatic rings. The van der Waals surface area contributed by atoms with E-state index < -0.39 is 18.4 Å². The number of amides is 1. The van der Waals surface area contributed by atoms with Crippen molar-refractivity contribution in [1.82, 2.24) is 14.9 Å². The number of carbonyl (C=O) groups is 2. The molecule has 0 aromatic carbocycles. The molecule has 0 aliphatic carbocycles. The highest BCUT2D eigenvalue weighted by molar-refractivity contribution is 7.09. The van der Waals surface area contributed by atoms with E-state index in [0.717, 1.165) is 21.2 Å². The lowest BCUT2D eigenvalue weighted by Crippen LogP contribution is -2.36. The summed E-state index contributed by atoms with van der Waals surface area (Å²) < 4.78 is 0. The highest BCUT2D eigenvalue weighted by atomic mass is 32.1. The van der Waals surface area contributed by atoms with Gasteiger partial charge in [-0.1, -0.05) is 5.92 Å². The van der Waals surface area contributed by atoms with E-state index in [1.807, 2.05) is 12.3 Å². The average Bonchev–Trinajstić information content (AvgIpc) is 3.05. The molecule has 2 aromatic heterocycles. The summed E-state index contributed by atoms with van der Waals surface area (Å²) in [6.07, 6.45) is 6.83. The molecule has 108 valence electrons. The predicted octanol–water partition coefficient (Wildman–Crippen LogP) is 1.61. The van der Waals surface area contributed by atoms with Crippen molar-refractivity contribution in [2.24, 2.45) is 0 Å². The molecule has 7 heteroatoms. The molecule has 0 saturated carbocycles. The maximum absolute atomic E-state index is 12.2. The molecule has 2 heterocycles. The molecule has 6 nitrogen and oxygen atoms in total. The quantitative estimate of drug-likeness (QED) is 0.822. The lowest BCUT2D eigenvalue weighted by molar-refractivity contribution is -0.137. The second kappa shape index (κ2) is 6.24. The molecular formula is C14H13N3O3S. The summed E-state index contributed by atoms with van der Waals surface area (Å²) in [6, 6.07) is 1.64. The van der Waals surface area contributed by atoms with Crippen molar-refractivity contribution in [2.75, 3.05) is 13.1 Å². The van der Waals surface area contributed by atoms with Crippen LogP contribution < -0.4 is 0 Å². The highest BCUT2D eigenvalue weighted by Crippen LogP contribution is 2.22. The third kappa shape index (κ3) is 3.49. The predicted molar refractivity (Wildman–Crippen MR) is 79.0 cm³/mol. The van der Waals surface area contributed by atoms with Gasteiger partial charge in [0.2, 0.25) is 0 Å². The van der Waals surface area contributed by atoms with Crippen LogP contribution in [0.4, 0.5) is 0 Å². The Hall–Kier alpha value is -2.59. The van der Waals surface area contributed by atoms with Gasteiger partial charge in [-0.2, -0.15) is 0 Å². The zero-order valence-electron chi connectivity index (χ0n) is 11.3. The Bertz CT molecular complexity index is 711. The van der Waals surface area contributed by atoms with Crippen LogP contribution in [0.1, 0.15) is 15.5 Å². The smallest absolute Gasteiger partial charge is 0.323 e. The third-order valence-corrected chi connectivity index (χ3v) is 3.50. The average molecular weight is 303 g/mol. The molecule has 0 bridgehead atoms. The van der Waals surface area contributed by atoms with Crippen molar-refractivity contribution >= 4 is 23.2 Å². The molecule has 0 fully saturated rings. The van der Waals surface area contributed by atoms with E-state index in [1.165, 1.54) is 11.3 Å². The van der Waals surface area contributed by atoms with E-state index in [4.69, 9.17) is 11.5 Å². The summed E-state index contributed by atoms with van der Waals surface area (Å²) in [5.74, 6) is 0.722. The van der Waals surface area contributed by atoms with Crippen molar-refractivity contribution < 1.29 is 14.7 Å². The van der Waals surface area contributed by atoms with Crippen molar-refractivity contribution in [3.8, 4) is 23.6 Å². The number of H-pyrrole nitrogens is 1. The zero-order valence-corrected chi connectivity index (χ0v) is 12.1. The second-order valence-electron chi connectivity index (χ2n) is 4.31. The summed E-state index contributed by atoms with van der Waals surface area (Å²) in [5.41, 5.74) is 1.83. The van der Waals surface area contributed by atoms with Gasteiger partial charge in [0.25, 0.3) is 5.91 Å². The molecule has 0 radical (unpaired) electrons. The molecule has 0 atom stereocenters. The van der Waals surface area contributed by atoms with E-state index in [2.05, 4.69) is 15.9 Å². The Balaban J connectivity index is 2.21. The van der Waals surface area contributed by atoms with Gasteiger partial charge in [0, 0.05) is 17.1 Å². The Morgan fingerprint density at radius 1 is 1.57 bits per heavy atom. The fourth-order valence-electron chi connectivity index (χ4n) is 1.81. The Kier molecular flexibility index (Phi) is 4.40. The zero-order chi connectivity index (χ0) is 15.4. The van der Waals surface area contributed by atoms with Crippen LogP contribution in [-0.2, 0) is 4.79 Å². The number of rotatable bonds is 5. The van der Waals surface area contributed by atoms with Crippen molar-refractivity contribution in [2.45, 2.75) is 6.92 Å². The maximum Gasteiger partial charge on any atom is 0.323 e. The van der Waals surface area contributed by atoms with Gasteiger partial charge in [-0.05, 0) is 13.0 Å². The number of aliphatic carboxylic acids is 1. The molecule has 2 aromatic rings. The first kappa shape index (κ1) is 14.8. The number of hydrogen-bond donors (Lipinski definition) is 2. The number of aryl methyl sites for hydroxylation is 1. The number of carboxylic acid groups (broad SMARTS) is 1. The SMILES string of the molecule is C#CCN(CC(=O)O)C(=O)c1cc(-c2csc(C)n2)c[nH]1. The Morgan fingerprint density at radius 2 is 2.33 bits per heavy atom. The van der Waals surface area contributed by atoms with Crippen LogP contribution in [0, 0.1) is 19.3 Å².